The predicted octanol–water partition coefficient (Wildman–Crippen LogP) is 5.28. The van der Waals surface area contributed by atoms with E-state index in [1.807, 2.05) is 24.3 Å². The lowest BCUT2D eigenvalue weighted by Crippen LogP contribution is -2.70. The highest BCUT2D eigenvalue weighted by Gasteiger charge is 2.80. The number of alkyl carbamates (subject to hydrolysis) is 1. The normalized spacial score (nSPS) is 34.7. The zero-order valence-corrected chi connectivity index (χ0v) is 35.4. The van der Waals surface area contributed by atoms with Gasteiger partial charge < -0.3 is 40.4 Å². The van der Waals surface area contributed by atoms with Gasteiger partial charge in [0.2, 0.25) is 11.8 Å². The number of halogens is 2. The van der Waals surface area contributed by atoms with Crippen LogP contribution in [0.25, 0.3) is 0 Å². The van der Waals surface area contributed by atoms with Gasteiger partial charge in [0, 0.05) is 28.0 Å². The molecule has 4 fully saturated rings. The van der Waals surface area contributed by atoms with Crippen LogP contribution in [0.4, 0.5) is 19.3 Å². The predicted molar refractivity (Wildman–Crippen MR) is 218 cm³/mol. The van der Waals surface area contributed by atoms with Gasteiger partial charge in [-0.05, 0) is 114 Å². The molecule has 0 bridgehead atoms. The highest BCUT2D eigenvalue weighted by atomic mass is 19.1. The number of allylic oxidation sites excluding steroid dienone is 4. The topological polar surface area (TPSA) is 190 Å². The number of fused-ring (bicyclic) bond motifs is 7. The van der Waals surface area contributed by atoms with E-state index in [9.17, 15) is 34.2 Å². The lowest BCUT2D eigenvalue weighted by atomic mass is 9.44. The van der Waals surface area contributed by atoms with Gasteiger partial charge in [-0.1, -0.05) is 49.4 Å². The van der Waals surface area contributed by atoms with Crippen LogP contribution >= 0.6 is 0 Å². The zero-order chi connectivity index (χ0) is 44.4. The Hall–Kier alpha value is -4.83. The number of amides is 3. The number of rotatable bonds is 10. The molecule has 328 valence electrons. The van der Waals surface area contributed by atoms with Gasteiger partial charge in [-0.2, -0.15) is 0 Å². The lowest BCUT2D eigenvalue weighted by Gasteiger charge is -2.63. The smallest absolute Gasteiger partial charge is 0.408 e. The first-order valence-electron chi connectivity index (χ1n) is 20.8. The minimum atomic E-state index is -2.34. The summed E-state index contributed by atoms with van der Waals surface area (Å²) in [6.45, 7) is 10.5. The van der Waals surface area contributed by atoms with Crippen molar-refractivity contribution in [1.29, 1.82) is 0 Å². The number of anilines is 1. The number of Topliss-reactive ketones (excluding diaryl/α,β-unsaturated/α-hetero) is 1. The van der Waals surface area contributed by atoms with E-state index in [0.717, 1.165) is 17.2 Å². The fourth-order valence-corrected chi connectivity index (χ4v) is 10.7. The molecule has 5 aliphatic rings. The quantitative estimate of drug-likeness (QED) is 0.211. The molecule has 1 heterocycles. The van der Waals surface area contributed by atoms with Gasteiger partial charge in [-0.3, -0.25) is 19.2 Å². The van der Waals surface area contributed by atoms with E-state index in [4.69, 9.17) is 14.2 Å². The van der Waals surface area contributed by atoms with Crippen molar-refractivity contribution in [2.45, 2.75) is 128 Å². The van der Waals surface area contributed by atoms with E-state index in [0.29, 0.717) is 17.7 Å². The highest BCUT2D eigenvalue weighted by Crippen LogP contribution is 2.72. The molecule has 3 saturated carbocycles. The Morgan fingerprint density at radius 3 is 2.33 bits per heavy atom. The largest absolute Gasteiger partial charge is 0.444 e. The Morgan fingerprint density at radius 2 is 1.66 bits per heavy atom. The molecule has 0 aromatic heterocycles. The molecule has 0 spiro atoms. The summed E-state index contributed by atoms with van der Waals surface area (Å²) < 4.78 is 51.9. The third-order valence-corrected chi connectivity index (χ3v) is 13.7. The number of carbonyl (C=O) groups excluding carboxylic acids is 5. The van der Waals surface area contributed by atoms with Crippen LogP contribution in [0.1, 0.15) is 90.7 Å². The second kappa shape index (κ2) is 15.8. The first kappa shape index (κ1) is 44.2. The molecule has 13 nitrogen and oxygen atoms in total. The van der Waals surface area contributed by atoms with Crippen molar-refractivity contribution in [2.24, 2.45) is 22.7 Å². The van der Waals surface area contributed by atoms with E-state index in [2.05, 4.69) is 16.0 Å². The first-order chi connectivity index (χ1) is 28.6. The molecular formula is C46H55F2N3O10. The minimum absolute atomic E-state index is 0.00604. The highest BCUT2D eigenvalue weighted by molar-refractivity contribution is 6.01. The molecular weight excluding hydrogens is 793 g/mol. The number of alkyl halides is 2. The van der Waals surface area contributed by atoms with E-state index in [1.165, 1.54) is 32.9 Å². The van der Waals surface area contributed by atoms with Crippen molar-refractivity contribution in [1.82, 2.24) is 10.6 Å². The van der Waals surface area contributed by atoms with Crippen molar-refractivity contribution in [3.63, 3.8) is 0 Å². The summed E-state index contributed by atoms with van der Waals surface area (Å²) in [5.41, 5.74) is -4.77. The average molecular weight is 848 g/mol. The van der Waals surface area contributed by atoms with Gasteiger partial charge >= 0.3 is 6.09 Å². The Morgan fingerprint density at radius 1 is 0.967 bits per heavy atom. The SMILES string of the molecule is C[C@H](NC(=O)OC(C)(C)C)C(=O)N[C@@H](C)C(=O)Nc1cccc(Cc2ccc(C3O[C@@H]4C[C@H]5C6C[C@H](F)C7=CC(=O)C=CC7(C)[C@@]6(F)C(O)CC5(C)[C@]4(C(=O)CO)O3)cc2)c1. The van der Waals surface area contributed by atoms with Crippen molar-refractivity contribution in [3.8, 4) is 0 Å². The van der Waals surface area contributed by atoms with Gasteiger partial charge in [0.1, 0.15) is 30.5 Å². The zero-order valence-electron chi connectivity index (χ0n) is 35.4. The summed E-state index contributed by atoms with van der Waals surface area (Å²) in [4.78, 5) is 63.8. The van der Waals surface area contributed by atoms with Crippen LogP contribution in [0.5, 0.6) is 0 Å². The Labute approximate surface area is 353 Å². The maximum absolute atomic E-state index is 17.7. The molecule has 61 heavy (non-hydrogen) atoms. The molecule has 15 heteroatoms. The number of hydrogen-bond donors (Lipinski definition) is 5. The van der Waals surface area contributed by atoms with E-state index in [-0.39, 0.29) is 24.8 Å². The van der Waals surface area contributed by atoms with Crippen LogP contribution in [0.3, 0.4) is 0 Å². The van der Waals surface area contributed by atoms with E-state index in [1.54, 1.807) is 52.0 Å². The lowest BCUT2D eigenvalue weighted by molar-refractivity contribution is -0.235. The molecule has 12 atom stereocenters. The maximum atomic E-state index is 17.7. The molecule has 4 aliphatic carbocycles. The Balaban J connectivity index is 1.01. The molecule has 5 unspecified atom stereocenters. The molecule has 0 radical (unpaired) electrons. The van der Waals surface area contributed by atoms with Crippen molar-refractivity contribution < 1.29 is 57.2 Å². The van der Waals surface area contributed by atoms with Crippen molar-refractivity contribution in [2.75, 3.05) is 11.9 Å². The molecule has 7 rings (SSSR count). The van der Waals surface area contributed by atoms with E-state index < -0.39 is 112 Å². The van der Waals surface area contributed by atoms with Gasteiger partial charge in [0.25, 0.3) is 0 Å². The fraction of sp³-hybridized carbons (Fsp3) is 0.543. The van der Waals surface area contributed by atoms with Crippen LogP contribution < -0.4 is 16.0 Å². The van der Waals surface area contributed by atoms with Gasteiger partial charge in [-0.15, -0.1) is 0 Å². The second-order valence-electron chi connectivity index (χ2n) is 18.7. The van der Waals surface area contributed by atoms with Crippen LogP contribution in [-0.2, 0) is 39.8 Å². The molecule has 3 amide bonds. The second-order valence-corrected chi connectivity index (χ2v) is 18.7. The number of ether oxygens (including phenoxy) is 3. The number of aliphatic hydroxyl groups is 2. The Kier molecular flexibility index (Phi) is 11.5. The summed E-state index contributed by atoms with van der Waals surface area (Å²) >= 11 is 0. The third kappa shape index (κ3) is 7.50. The monoisotopic (exact) mass is 847 g/mol. The molecule has 2 aromatic carbocycles. The van der Waals surface area contributed by atoms with Crippen LogP contribution in [0.2, 0.25) is 0 Å². The fourth-order valence-electron chi connectivity index (χ4n) is 10.7. The Bertz CT molecular complexity index is 2170. The summed E-state index contributed by atoms with van der Waals surface area (Å²) in [5, 5.41) is 29.9. The summed E-state index contributed by atoms with van der Waals surface area (Å²) in [6, 6.07) is 12.7. The van der Waals surface area contributed by atoms with Gasteiger partial charge in [0.15, 0.2) is 29.1 Å². The van der Waals surface area contributed by atoms with Gasteiger partial charge in [-0.25, -0.2) is 13.6 Å². The number of ketones is 2. The van der Waals surface area contributed by atoms with Crippen LogP contribution in [-0.4, -0.2) is 93.6 Å². The van der Waals surface area contributed by atoms with E-state index >= 15 is 8.78 Å². The number of carbonyl (C=O) groups is 5. The molecule has 5 N–H and O–H groups in total. The van der Waals surface area contributed by atoms with Crippen LogP contribution in [0.15, 0.2) is 72.3 Å². The van der Waals surface area contributed by atoms with Crippen LogP contribution in [0, 0.1) is 22.7 Å². The van der Waals surface area contributed by atoms with Crippen molar-refractivity contribution >= 4 is 35.2 Å². The molecule has 2 aromatic rings. The maximum Gasteiger partial charge on any atom is 0.408 e. The summed E-state index contributed by atoms with van der Waals surface area (Å²) in [6.07, 6.45) is -2.19. The standard InChI is InChI=1S/C46H55F2N3O10/c1-24(49-38(56)25(2)50-41(58)61-42(3,4)5)39(57)51-29-10-8-9-27(18-29)17-26-11-13-28(14-12-26)40-59-37-21-31-32-20-34(47)33-19-30(53)15-16-43(33,6)45(32,48)35(54)22-44(31,7)46(37,60-40)36(55)23-52/h8-16,18-19,24-25,31-32,34-35,37,40,52,54H,17,20-23H2,1-7H3,(H,49,56)(H,50,58)(H,51,57)/t24-,25-,31-,32?,34-,35?,37+,40?,43?,44?,45-,46+/m0/s1. The van der Waals surface area contributed by atoms with Crippen molar-refractivity contribution in [3.05, 3.63) is 89.0 Å². The summed E-state index contributed by atoms with van der Waals surface area (Å²) in [7, 11) is 0. The minimum Gasteiger partial charge on any atom is -0.444 e. The first-order valence-corrected chi connectivity index (χ1v) is 20.8. The number of benzene rings is 2. The third-order valence-electron chi connectivity index (χ3n) is 13.7. The van der Waals surface area contributed by atoms with Gasteiger partial charge in [0.05, 0.1) is 12.2 Å². The number of hydrogen-bond acceptors (Lipinski definition) is 10. The average Bonchev–Trinajstić information content (AvgIpc) is 3.69. The molecule has 1 saturated heterocycles. The summed E-state index contributed by atoms with van der Waals surface area (Å²) in [5.74, 6) is -3.83. The molecule has 1 aliphatic heterocycles. The number of aliphatic hydroxyl groups excluding tert-OH is 2. The number of nitrogens with one attached hydrogen (secondary N) is 3.